The summed E-state index contributed by atoms with van der Waals surface area (Å²) >= 11 is 0. The zero-order chi connectivity index (χ0) is 11.0. The third-order valence-electron chi connectivity index (χ3n) is 1.17. The van der Waals surface area contributed by atoms with Gasteiger partial charge in [-0.15, -0.1) is 0 Å². The topological polar surface area (TPSA) is 113 Å². The van der Waals surface area contributed by atoms with Crippen molar-refractivity contribution in [3.63, 3.8) is 0 Å². The Hall–Kier alpha value is -1.18. The van der Waals surface area contributed by atoms with Crippen LogP contribution in [-0.4, -0.2) is 46.6 Å². The van der Waals surface area contributed by atoms with E-state index in [9.17, 15) is 9.59 Å². The van der Waals surface area contributed by atoms with Crippen molar-refractivity contribution < 1.29 is 34.7 Å². The van der Waals surface area contributed by atoms with E-state index in [0.29, 0.717) is 0 Å². The van der Waals surface area contributed by atoms with E-state index in [1.54, 1.807) is 0 Å². The second-order valence-corrected chi connectivity index (χ2v) is 2.47. The third-order valence-corrected chi connectivity index (χ3v) is 1.17. The Morgan fingerprint density at radius 1 is 1.29 bits per heavy atom. The third kappa shape index (κ3) is 7.47. The molecule has 82 valence electrons. The molecule has 0 fully saturated rings. The van der Waals surface area contributed by atoms with Gasteiger partial charge in [0.1, 0.15) is 12.7 Å². The molecular weight excluding hydrogens is 196 g/mol. The van der Waals surface area contributed by atoms with Crippen LogP contribution in [0.4, 0.5) is 0 Å². The number of hydrogen-bond acceptors (Lipinski definition) is 6. The van der Waals surface area contributed by atoms with Crippen LogP contribution >= 0.6 is 0 Å². The molecule has 0 saturated carbocycles. The standard InChI is InChI=1S/C7H12O7/c8-3-5(9)4-13-14-7(12)2-1-6(10)11/h5,8-9H,1-4H2,(H,10,11). The van der Waals surface area contributed by atoms with Gasteiger partial charge in [-0.05, 0) is 0 Å². The molecule has 3 N–H and O–H groups in total. The van der Waals surface area contributed by atoms with Gasteiger partial charge in [0.05, 0.1) is 19.4 Å². The molecule has 0 bridgehead atoms. The Balaban J connectivity index is 3.40. The van der Waals surface area contributed by atoms with Gasteiger partial charge in [-0.1, -0.05) is 0 Å². The normalized spacial score (nSPS) is 12.1. The zero-order valence-corrected chi connectivity index (χ0v) is 7.38. The van der Waals surface area contributed by atoms with E-state index in [1.807, 2.05) is 0 Å². The van der Waals surface area contributed by atoms with Crippen LogP contribution in [0.2, 0.25) is 0 Å². The van der Waals surface area contributed by atoms with Crippen LogP contribution in [0.15, 0.2) is 0 Å². The Kier molecular flexibility index (Phi) is 6.63. The van der Waals surface area contributed by atoms with Crippen molar-refractivity contribution in [1.82, 2.24) is 0 Å². The van der Waals surface area contributed by atoms with Crippen molar-refractivity contribution in [2.75, 3.05) is 13.2 Å². The monoisotopic (exact) mass is 208 g/mol. The van der Waals surface area contributed by atoms with Gasteiger partial charge in [0.2, 0.25) is 0 Å². The zero-order valence-electron chi connectivity index (χ0n) is 7.38. The van der Waals surface area contributed by atoms with Crippen LogP contribution in [0.25, 0.3) is 0 Å². The summed E-state index contributed by atoms with van der Waals surface area (Å²) in [4.78, 5) is 29.0. The lowest BCUT2D eigenvalue weighted by Crippen LogP contribution is -2.21. The summed E-state index contributed by atoms with van der Waals surface area (Å²) in [6, 6.07) is 0. The highest BCUT2D eigenvalue weighted by atomic mass is 17.2. The number of rotatable bonds is 7. The fraction of sp³-hybridized carbons (Fsp3) is 0.714. The first-order valence-electron chi connectivity index (χ1n) is 3.89. The number of carbonyl (C=O) groups excluding carboxylic acids is 1. The first-order valence-corrected chi connectivity index (χ1v) is 3.89. The van der Waals surface area contributed by atoms with Gasteiger partial charge >= 0.3 is 11.9 Å². The summed E-state index contributed by atoms with van der Waals surface area (Å²) in [6.45, 7) is -0.859. The molecular formula is C7H12O7. The van der Waals surface area contributed by atoms with Crippen LogP contribution in [0.3, 0.4) is 0 Å². The van der Waals surface area contributed by atoms with E-state index in [-0.39, 0.29) is 19.4 Å². The number of hydrogen-bond donors (Lipinski definition) is 3. The molecule has 0 aliphatic carbocycles. The van der Waals surface area contributed by atoms with E-state index >= 15 is 0 Å². The van der Waals surface area contributed by atoms with Gasteiger partial charge in [-0.2, -0.15) is 4.89 Å². The fourth-order valence-corrected chi connectivity index (χ4v) is 0.482. The summed E-state index contributed by atoms with van der Waals surface area (Å²) in [6.07, 6.45) is -1.77. The molecule has 7 nitrogen and oxygen atoms in total. The Bertz CT molecular complexity index is 190. The lowest BCUT2D eigenvalue weighted by atomic mass is 10.3. The van der Waals surface area contributed by atoms with Gasteiger partial charge in [0, 0.05) is 0 Å². The maximum atomic E-state index is 10.7. The molecule has 0 aliphatic rings. The van der Waals surface area contributed by atoms with E-state index in [4.69, 9.17) is 15.3 Å². The molecule has 1 atom stereocenters. The van der Waals surface area contributed by atoms with Crippen molar-refractivity contribution in [1.29, 1.82) is 0 Å². The molecule has 1 unspecified atom stereocenters. The van der Waals surface area contributed by atoms with Crippen molar-refractivity contribution in [2.45, 2.75) is 18.9 Å². The maximum Gasteiger partial charge on any atom is 0.342 e. The van der Waals surface area contributed by atoms with Gasteiger partial charge in [0.25, 0.3) is 0 Å². The minimum Gasteiger partial charge on any atom is -0.481 e. The van der Waals surface area contributed by atoms with E-state index < -0.39 is 24.6 Å². The average molecular weight is 208 g/mol. The van der Waals surface area contributed by atoms with Crippen LogP contribution < -0.4 is 0 Å². The predicted octanol–water partition coefficient (Wildman–Crippen LogP) is -1.32. The molecule has 0 radical (unpaired) electrons. The Morgan fingerprint density at radius 2 is 1.93 bits per heavy atom. The van der Waals surface area contributed by atoms with Crippen molar-refractivity contribution in [3.8, 4) is 0 Å². The van der Waals surface area contributed by atoms with E-state index in [1.165, 1.54) is 0 Å². The molecule has 14 heavy (non-hydrogen) atoms. The van der Waals surface area contributed by atoms with Crippen LogP contribution in [0.5, 0.6) is 0 Å². The fourth-order valence-electron chi connectivity index (χ4n) is 0.482. The quantitative estimate of drug-likeness (QED) is 0.351. The number of carboxylic acids is 1. The number of aliphatic carboxylic acids is 1. The largest absolute Gasteiger partial charge is 0.481 e. The molecule has 0 rings (SSSR count). The number of aliphatic hydroxyl groups is 2. The number of aliphatic hydroxyl groups excluding tert-OH is 2. The van der Waals surface area contributed by atoms with Gasteiger partial charge in [-0.3, -0.25) is 9.68 Å². The van der Waals surface area contributed by atoms with E-state index in [0.717, 1.165) is 0 Å². The van der Waals surface area contributed by atoms with Gasteiger partial charge < -0.3 is 15.3 Å². The lowest BCUT2D eigenvalue weighted by molar-refractivity contribution is -0.282. The molecule has 0 aliphatic heterocycles. The second-order valence-electron chi connectivity index (χ2n) is 2.47. The first kappa shape index (κ1) is 12.8. The Labute approximate surface area is 79.8 Å². The van der Waals surface area contributed by atoms with E-state index in [2.05, 4.69) is 9.78 Å². The van der Waals surface area contributed by atoms with Crippen molar-refractivity contribution in [2.24, 2.45) is 0 Å². The highest BCUT2D eigenvalue weighted by Crippen LogP contribution is 1.94. The minimum atomic E-state index is -1.12. The summed E-state index contributed by atoms with van der Waals surface area (Å²) in [5.41, 5.74) is 0. The SMILES string of the molecule is O=C(O)CCC(=O)OOCC(O)CO. The maximum absolute atomic E-state index is 10.7. The highest BCUT2D eigenvalue weighted by molar-refractivity contribution is 5.76. The molecule has 0 aromatic heterocycles. The summed E-state index contributed by atoms with van der Waals surface area (Å²) in [7, 11) is 0. The molecule has 0 spiro atoms. The van der Waals surface area contributed by atoms with Gasteiger partial charge in [0.15, 0.2) is 0 Å². The highest BCUT2D eigenvalue weighted by Gasteiger charge is 2.09. The summed E-state index contributed by atoms with van der Waals surface area (Å²) in [5, 5.41) is 25.2. The van der Waals surface area contributed by atoms with Crippen LogP contribution in [-0.2, 0) is 19.4 Å². The molecule has 7 heteroatoms. The second kappa shape index (κ2) is 7.25. The molecule has 0 heterocycles. The Morgan fingerprint density at radius 3 is 2.43 bits per heavy atom. The number of carbonyl (C=O) groups is 2. The molecule has 0 amide bonds. The lowest BCUT2D eigenvalue weighted by Gasteiger charge is -2.06. The van der Waals surface area contributed by atoms with Crippen molar-refractivity contribution in [3.05, 3.63) is 0 Å². The first-order chi connectivity index (χ1) is 6.56. The summed E-state index contributed by atoms with van der Waals surface area (Å²) in [5.74, 6) is -1.95. The predicted molar refractivity (Wildman–Crippen MR) is 42.0 cm³/mol. The minimum absolute atomic E-state index is 0.301. The van der Waals surface area contributed by atoms with Crippen LogP contribution in [0.1, 0.15) is 12.8 Å². The van der Waals surface area contributed by atoms with Crippen LogP contribution in [0, 0.1) is 0 Å². The smallest absolute Gasteiger partial charge is 0.342 e. The average Bonchev–Trinajstić information content (AvgIpc) is 2.14. The number of carboxylic acid groups (broad SMARTS) is 1. The summed E-state index contributed by atoms with van der Waals surface area (Å²) < 4.78 is 0. The van der Waals surface area contributed by atoms with Gasteiger partial charge in [-0.25, -0.2) is 4.79 Å². The molecule has 0 aromatic carbocycles. The molecule has 0 saturated heterocycles. The van der Waals surface area contributed by atoms with Crippen molar-refractivity contribution >= 4 is 11.9 Å². The molecule has 0 aromatic rings.